The van der Waals surface area contributed by atoms with Crippen molar-refractivity contribution in [2.24, 2.45) is 10.7 Å². The molecule has 0 radical (unpaired) electrons. The predicted octanol–water partition coefficient (Wildman–Crippen LogP) is 3.16. The molecule has 128 valence electrons. The van der Waals surface area contributed by atoms with E-state index in [-0.39, 0.29) is 5.82 Å². The standard InChI is InChI=1S/C17H27FN4S/c1-14-5-2-3-10-22(14)17(20-9-12-23-11-8-19)21-16-7-4-6-15(18)13-16/h4,6-7,13-14H,2-3,5,8-12,19H2,1H3,(H,20,21). The Morgan fingerprint density at radius 2 is 2.30 bits per heavy atom. The maximum Gasteiger partial charge on any atom is 0.198 e. The molecule has 1 aromatic rings. The molecule has 1 saturated heterocycles. The summed E-state index contributed by atoms with van der Waals surface area (Å²) < 4.78 is 13.4. The second kappa shape index (κ2) is 9.78. The third-order valence-electron chi connectivity index (χ3n) is 3.92. The number of thioether (sulfide) groups is 1. The molecule has 6 heteroatoms. The minimum Gasteiger partial charge on any atom is -0.340 e. The van der Waals surface area contributed by atoms with Gasteiger partial charge in [-0.25, -0.2) is 4.39 Å². The van der Waals surface area contributed by atoms with Crippen molar-refractivity contribution >= 4 is 23.4 Å². The van der Waals surface area contributed by atoms with Crippen LogP contribution in [0.15, 0.2) is 29.3 Å². The van der Waals surface area contributed by atoms with Crippen molar-refractivity contribution in [3.8, 4) is 0 Å². The first-order valence-electron chi connectivity index (χ1n) is 8.32. The lowest BCUT2D eigenvalue weighted by Gasteiger charge is -2.36. The fourth-order valence-corrected chi connectivity index (χ4v) is 3.30. The van der Waals surface area contributed by atoms with Crippen molar-refractivity contribution < 1.29 is 4.39 Å². The molecular formula is C17H27FN4S. The molecular weight excluding hydrogens is 311 g/mol. The van der Waals surface area contributed by atoms with Crippen LogP contribution in [0.5, 0.6) is 0 Å². The molecule has 1 heterocycles. The van der Waals surface area contributed by atoms with Gasteiger partial charge in [-0.1, -0.05) is 6.07 Å². The average Bonchev–Trinajstić information content (AvgIpc) is 2.54. The van der Waals surface area contributed by atoms with Crippen LogP contribution in [-0.2, 0) is 0 Å². The zero-order valence-electron chi connectivity index (χ0n) is 13.8. The molecule has 1 unspecified atom stereocenters. The van der Waals surface area contributed by atoms with Crippen LogP contribution in [-0.4, -0.2) is 48.0 Å². The van der Waals surface area contributed by atoms with Crippen molar-refractivity contribution in [2.45, 2.75) is 32.2 Å². The number of aliphatic imine (C=N–C) groups is 1. The van der Waals surface area contributed by atoms with Gasteiger partial charge in [0.15, 0.2) is 5.96 Å². The summed E-state index contributed by atoms with van der Waals surface area (Å²) in [6, 6.07) is 7.00. The fourth-order valence-electron chi connectivity index (χ4n) is 2.71. The molecule has 2 rings (SSSR count). The Bertz CT molecular complexity index is 509. The highest BCUT2D eigenvalue weighted by atomic mass is 32.2. The van der Waals surface area contributed by atoms with E-state index in [9.17, 15) is 4.39 Å². The van der Waals surface area contributed by atoms with Gasteiger partial charge in [-0.3, -0.25) is 4.99 Å². The number of benzene rings is 1. The third kappa shape index (κ3) is 6.03. The van der Waals surface area contributed by atoms with E-state index in [1.54, 1.807) is 6.07 Å². The molecule has 1 fully saturated rings. The summed E-state index contributed by atoms with van der Waals surface area (Å²) in [5.74, 6) is 2.53. The van der Waals surface area contributed by atoms with E-state index in [1.807, 2.05) is 17.8 Å². The van der Waals surface area contributed by atoms with Gasteiger partial charge in [0.1, 0.15) is 5.82 Å². The number of nitrogens with two attached hydrogens (primary N) is 1. The molecule has 0 aliphatic carbocycles. The Balaban J connectivity index is 2.05. The van der Waals surface area contributed by atoms with Crippen LogP contribution in [0.4, 0.5) is 10.1 Å². The fraction of sp³-hybridized carbons (Fsp3) is 0.588. The Morgan fingerprint density at radius 1 is 1.43 bits per heavy atom. The molecule has 4 nitrogen and oxygen atoms in total. The van der Waals surface area contributed by atoms with Crippen LogP contribution in [0.1, 0.15) is 26.2 Å². The van der Waals surface area contributed by atoms with Crippen molar-refractivity contribution in [1.29, 1.82) is 0 Å². The van der Waals surface area contributed by atoms with Gasteiger partial charge in [-0.05, 0) is 44.4 Å². The number of hydrogen-bond acceptors (Lipinski definition) is 3. The van der Waals surface area contributed by atoms with E-state index in [2.05, 4.69) is 17.1 Å². The van der Waals surface area contributed by atoms with Gasteiger partial charge in [0, 0.05) is 36.3 Å². The number of piperidine rings is 1. The molecule has 23 heavy (non-hydrogen) atoms. The van der Waals surface area contributed by atoms with Gasteiger partial charge in [0.25, 0.3) is 0 Å². The molecule has 0 saturated carbocycles. The molecule has 1 aliphatic rings. The number of anilines is 1. The van der Waals surface area contributed by atoms with Crippen LogP contribution in [0.2, 0.25) is 0 Å². The lowest BCUT2D eigenvalue weighted by molar-refractivity contribution is 0.257. The molecule has 1 atom stereocenters. The van der Waals surface area contributed by atoms with E-state index < -0.39 is 0 Å². The quantitative estimate of drug-likeness (QED) is 0.475. The summed E-state index contributed by atoms with van der Waals surface area (Å²) >= 11 is 1.81. The number of halogens is 1. The summed E-state index contributed by atoms with van der Waals surface area (Å²) in [6.45, 7) is 4.67. The van der Waals surface area contributed by atoms with Gasteiger partial charge in [-0.15, -0.1) is 0 Å². The van der Waals surface area contributed by atoms with Gasteiger partial charge >= 0.3 is 0 Å². The SMILES string of the molecule is CC1CCCCN1C(=NCCSCCN)Nc1cccc(F)c1. The predicted molar refractivity (Wildman–Crippen MR) is 98.7 cm³/mol. The molecule has 1 aromatic carbocycles. The number of likely N-dealkylation sites (tertiary alicyclic amines) is 1. The first kappa shape index (κ1) is 18.1. The Labute approximate surface area is 142 Å². The second-order valence-electron chi connectivity index (χ2n) is 5.78. The summed E-state index contributed by atoms with van der Waals surface area (Å²) in [4.78, 5) is 7.05. The zero-order valence-corrected chi connectivity index (χ0v) is 14.6. The van der Waals surface area contributed by atoms with E-state index >= 15 is 0 Å². The van der Waals surface area contributed by atoms with Crippen molar-refractivity contribution in [2.75, 3.05) is 36.5 Å². The smallest absolute Gasteiger partial charge is 0.198 e. The van der Waals surface area contributed by atoms with E-state index in [1.165, 1.54) is 31.4 Å². The third-order valence-corrected chi connectivity index (χ3v) is 4.91. The molecule has 0 bridgehead atoms. The van der Waals surface area contributed by atoms with E-state index in [4.69, 9.17) is 10.7 Å². The first-order valence-corrected chi connectivity index (χ1v) is 9.47. The molecule has 1 aliphatic heterocycles. The Morgan fingerprint density at radius 3 is 3.04 bits per heavy atom. The molecule has 0 amide bonds. The highest BCUT2D eigenvalue weighted by Crippen LogP contribution is 2.19. The maximum absolute atomic E-state index is 13.4. The summed E-state index contributed by atoms with van der Waals surface area (Å²) in [5.41, 5.74) is 6.26. The van der Waals surface area contributed by atoms with Crippen molar-refractivity contribution in [3.63, 3.8) is 0 Å². The van der Waals surface area contributed by atoms with Gasteiger partial charge in [-0.2, -0.15) is 11.8 Å². The normalized spacial score (nSPS) is 19.0. The lowest BCUT2D eigenvalue weighted by Crippen LogP contribution is -2.45. The number of nitrogens with zero attached hydrogens (tertiary/aromatic N) is 2. The molecule has 0 spiro atoms. The number of rotatable bonds is 6. The summed E-state index contributed by atoms with van der Waals surface area (Å²) in [6.07, 6.45) is 3.61. The zero-order chi connectivity index (χ0) is 16.5. The van der Waals surface area contributed by atoms with Crippen LogP contribution >= 0.6 is 11.8 Å². The highest BCUT2D eigenvalue weighted by Gasteiger charge is 2.21. The Hall–Kier alpha value is -1.27. The van der Waals surface area contributed by atoms with Crippen LogP contribution in [0.25, 0.3) is 0 Å². The van der Waals surface area contributed by atoms with Crippen LogP contribution < -0.4 is 11.1 Å². The van der Waals surface area contributed by atoms with Crippen LogP contribution in [0.3, 0.4) is 0 Å². The Kier molecular flexibility index (Phi) is 7.68. The van der Waals surface area contributed by atoms with Gasteiger partial charge in [0.05, 0.1) is 6.54 Å². The topological polar surface area (TPSA) is 53.6 Å². The largest absolute Gasteiger partial charge is 0.340 e. The minimum atomic E-state index is -0.237. The van der Waals surface area contributed by atoms with Gasteiger partial charge in [0.2, 0.25) is 0 Å². The average molecular weight is 338 g/mol. The molecule has 0 aromatic heterocycles. The summed E-state index contributed by atoms with van der Waals surface area (Å²) in [5, 5.41) is 3.31. The maximum atomic E-state index is 13.4. The molecule has 3 N–H and O–H groups in total. The van der Waals surface area contributed by atoms with Gasteiger partial charge < -0.3 is 16.0 Å². The number of nitrogens with one attached hydrogen (secondary N) is 1. The second-order valence-corrected chi connectivity index (χ2v) is 7.00. The van der Waals surface area contributed by atoms with E-state index in [0.29, 0.717) is 12.6 Å². The summed E-state index contributed by atoms with van der Waals surface area (Å²) in [7, 11) is 0. The number of hydrogen-bond donors (Lipinski definition) is 2. The van der Waals surface area contributed by atoms with Crippen molar-refractivity contribution in [3.05, 3.63) is 30.1 Å². The minimum absolute atomic E-state index is 0.237. The first-order chi connectivity index (χ1) is 11.2. The number of guanidine groups is 1. The monoisotopic (exact) mass is 338 g/mol. The lowest BCUT2D eigenvalue weighted by atomic mass is 10.0. The highest BCUT2D eigenvalue weighted by molar-refractivity contribution is 7.99. The van der Waals surface area contributed by atoms with E-state index in [0.717, 1.165) is 36.2 Å². The van der Waals surface area contributed by atoms with Crippen molar-refractivity contribution in [1.82, 2.24) is 4.90 Å². The van der Waals surface area contributed by atoms with Crippen LogP contribution in [0, 0.1) is 5.82 Å².